The van der Waals surface area contributed by atoms with Gasteiger partial charge < -0.3 is 0 Å². The predicted octanol–water partition coefficient (Wildman–Crippen LogP) is 2.87. The van der Waals surface area contributed by atoms with Crippen molar-refractivity contribution in [2.24, 2.45) is 4.99 Å². The summed E-state index contributed by atoms with van der Waals surface area (Å²) in [5, 5.41) is 1.44. The predicted molar refractivity (Wildman–Crippen MR) is 56.2 cm³/mol. The zero-order valence-electron chi connectivity index (χ0n) is 6.96. The highest BCUT2D eigenvalue weighted by Gasteiger charge is 2.02. The molecule has 2 aliphatic rings. The van der Waals surface area contributed by atoms with E-state index in [1.54, 1.807) is 0 Å². The van der Waals surface area contributed by atoms with Crippen molar-refractivity contribution < 1.29 is 0 Å². The van der Waals surface area contributed by atoms with Crippen molar-refractivity contribution in [3.63, 3.8) is 0 Å². The molecule has 0 aromatic rings. The molecule has 2 rings (SSSR count). The minimum absolute atomic E-state index is 0.773. The molecule has 0 spiro atoms. The first-order valence-corrected chi connectivity index (χ1v) is 5.30. The Balaban J connectivity index is 1.98. The first-order chi connectivity index (χ1) is 5.95. The lowest BCUT2D eigenvalue weighted by Gasteiger charge is -2.05. The molecule has 0 amide bonds. The van der Waals surface area contributed by atoms with Gasteiger partial charge in [-0.15, -0.1) is 0 Å². The van der Waals surface area contributed by atoms with E-state index < -0.39 is 0 Å². The minimum atomic E-state index is 0.773. The second-order valence-corrected chi connectivity index (χ2v) is 4.22. The third kappa shape index (κ3) is 1.92. The second kappa shape index (κ2) is 3.82. The van der Waals surface area contributed by atoms with Gasteiger partial charge in [-0.2, -0.15) is 0 Å². The molecule has 1 atom stereocenters. The highest BCUT2D eigenvalue weighted by molar-refractivity contribution is 7.63. The molecule has 1 heterocycles. The van der Waals surface area contributed by atoms with Crippen LogP contribution in [-0.2, 0) is 0 Å². The lowest BCUT2D eigenvalue weighted by atomic mass is 10.3. The Hall–Kier alpha value is -0.680. The maximum Gasteiger partial charge on any atom is 0.0586 e. The van der Waals surface area contributed by atoms with Crippen molar-refractivity contribution in [1.82, 2.24) is 0 Å². The number of nitrogens with zero attached hydrogens (tertiary/aromatic N) is 1. The molecule has 0 aromatic carbocycles. The largest absolute Gasteiger partial charge is 0.285 e. The van der Waals surface area contributed by atoms with Crippen LogP contribution in [0.2, 0.25) is 0 Å². The Morgan fingerprint density at radius 3 is 2.92 bits per heavy atom. The van der Waals surface area contributed by atoms with Crippen LogP contribution in [0.1, 0.15) is 12.8 Å². The molecule has 12 heavy (non-hydrogen) atoms. The maximum absolute atomic E-state index is 4.46. The molecule has 1 nitrogen and oxygen atoms in total. The van der Waals surface area contributed by atoms with Crippen molar-refractivity contribution in [3.05, 3.63) is 35.7 Å². The van der Waals surface area contributed by atoms with E-state index in [0.29, 0.717) is 0 Å². The number of dihydropyridines is 1. The standard InChI is InChI=1S/C10H12NP/c1-2-6-9(5-1)12-10-7-3-4-8-11-10/h1,3,5-7,12H,2,4,8H2. The minimum Gasteiger partial charge on any atom is -0.285 e. The first kappa shape index (κ1) is 7.94. The summed E-state index contributed by atoms with van der Waals surface area (Å²) >= 11 is 0. The van der Waals surface area contributed by atoms with Crippen LogP contribution in [0.5, 0.6) is 0 Å². The topological polar surface area (TPSA) is 12.4 Å². The van der Waals surface area contributed by atoms with Gasteiger partial charge in [-0.05, 0) is 32.8 Å². The van der Waals surface area contributed by atoms with E-state index in [9.17, 15) is 0 Å². The fourth-order valence-electron chi connectivity index (χ4n) is 1.29. The van der Waals surface area contributed by atoms with Crippen LogP contribution in [0.4, 0.5) is 0 Å². The van der Waals surface area contributed by atoms with E-state index in [1.807, 2.05) is 0 Å². The number of hydrogen-bond donors (Lipinski definition) is 0. The van der Waals surface area contributed by atoms with Crippen molar-refractivity contribution >= 4 is 14.0 Å². The van der Waals surface area contributed by atoms with Crippen molar-refractivity contribution in [2.75, 3.05) is 6.54 Å². The van der Waals surface area contributed by atoms with Gasteiger partial charge in [-0.3, -0.25) is 4.99 Å². The molecular formula is C10H12NP. The Labute approximate surface area is 74.8 Å². The highest BCUT2D eigenvalue weighted by atomic mass is 31.1. The van der Waals surface area contributed by atoms with Crippen LogP contribution in [0.3, 0.4) is 0 Å². The monoisotopic (exact) mass is 177 g/mol. The molecule has 1 aliphatic carbocycles. The molecule has 0 radical (unpaired) electrons. The Morgan fingerprint density at radius 1 is 1.25 bits per heavy atom. The van der Waals surface area contributed by atoms with Gasteiger partial charge in [0.1, 0.15) is 0 Å². The van der Waals surface area contributed by atoms with Crippen LogP contribution in [0.25, 0.3) is 0 Å². The van der Waals surface area contributed by atoms with Crippen LogP contribution < -0.4 is 0 Å². The molecular weight excluding hydrogens is 165 g/mol. The summed E-state index contributed by atoms with van der Waals surface area (Å²) in [6.07, 6.45) is 13.3. The summed E-state index contributed by atoms with van der Waals surface area (Å²) < 4.78 is 0. The summed E-state index contributed by atoms with van der Waals surface area (Å²) in [4.78, 5) is 4.46. The smallest absolute Gasteiger partial charge is 0.0586 e. The Kier molecular flexibility index (Phi) is 2.53. The van der Waals surface area contributed by atoms with Crippen LogP contribution >= 0.6 is 8.58 Å². The van der Waals surface area contributed by atoms with Crippen molar-refractivity contribution in [2.45, 2.75) is 12.8 Å². The fourth-order valence-corrected chi connectivity index (χ4v) is 2.40. The highest BCUT2D eigenvalue weighted by Crippen LogP contribution is 2.31. The van der Waals surface area contributed by atoms with Gasteiger partial charge in [-0.1, -0.05) is 24.3 Å². The van der Waals surface area contributed by atoms with Gasteiger partial charge in [0.05, 0.1) is 5.45 Å². The normalized spacial score (nSPS) is 22.0. The van der Waals surface area contributed by atoms with Crippen LogP contribution in [0.15, 0.2) is 40.7 Å². The quantitative estimate of drug-likeness (QED) is 0.575. The van der Waals surface area contributed by atoms with Gasteiger partial charge in [0.25, 0.3) is 0 Å². The molecule has 0 aromatic heterocycles. The zero-order valence-corrected chi connectivity index (χ0v) is 7.96. The van der Waals surface area contributed by atoms with E-state index in [1.165, 1.54) is 10.8 Å². The van der Waals surface area contributed by atoms with E-state index >= 15 is 0 Å². The van der Waals surface area contributed by atoms with Gasteiger partial charge in [-0.25, -0.2) is 0 Å². The van der Waals surface area contributed by atoms with E-state index in [4.69, 9.17) is 0 Å². The molecule has 2 heteroatoms. The second-order valence-electron chi connectivity index (χ2n) is 2.88. The number of aliphatic imine (C=N–C) groups is 1. The molecule has 62 valence electrons. The third-order valence-electron chi connectivity index (χ3n) is 1.90. The molecule has 0 bridgehead atoms. The lowest BCUT2D eigenvalue weighted by Crippen LogP contribution is -1.93. The first-order valence-electron chi connectivity index (χ1n) is 4.30. The van der Waals surface area contributed by atoms with Crippen LogP contribution in [-0.4, -0.2) is 12.0 Å². The molecule has 0 N–H and O–H groups in total. The average molecular weight is 177 g/mol. The van der Waals surface area contributed by atoms with Crippen LogP contribution in [0, 0.1) is 0 Å². The Bertz CT molecular complexity index is 284. The summed E-state index contributed by atoms with van der Waals surface area (Å²) in [5.41, 5.74) is 1.26. The summed E-state index contributed by atoms with van der Waals surface area (Å²) in [6, 6.07) is 0. The molecule has 1 aliphatic heterocycles. The number of hydrogen-bond acceptors (Lipinski definition) is 1. The summed E-state index contributed by atoms with van der Waals surface area (Å²) in [5.74, 6) is 0. The van der Waals surface area contributed by atoms with Gasteiger partial charge in [0.2, 0.25) is 0 Å². The van der Waals surface area contributed by atoms with Gasteiger partial charge in [0, 0.05) is 6.54 Å². The summed E-state index contributed by atoms with van der Waals surface area (Å²) in [7, 11) is 0.773. The SMILES string of the molecule is C1=CC(PC2=NCCC=C2)=CC1. The number of allylic oxidation sites excluding steroid dienone is 5. The molecule has 0 saturated carbocycles. The zero-order chi connectivity index (χ0) is 8.23. The summed E-state index contributed by atoms with van der Waals surface area (Å²) in [6.45, 7) is 0.982. The average Bonchev–Trinajstić information content (AvgIpc) is 2.59. The van der Waals surface area contributed by atoms with Gasteiger partial charge >= 0.3 is 0 Å². The fraction of sp³-hybridized carbons (Fsp3) is 0.300. The van der Waals surface area contributed by atoms with E-state index in [2.05, 4.69) is 35.4 Å². The van der Waals surface area contributed by atoms with Crippen molar-refractivity contribution in [1.29, 1.82) is 0 Å². The molecule has 0 saturated heterocycles. The third-order valence-corrected chi connectivity index (χ3v) is 3.14. The van der Waals surface area contributed by atoms with Crippen molar-refractivity contribution in [3.8, 4) is 0 Å². The maximum atomic E-state index is 4.46. The Morgan fingerprint density at radius 2 is 2.25 bits per heavy atom. The lowest BCUT2D eigenvalue weighted by molar-refractivity contribution is 1.000. The molecule has 0 fully saturated rings. The molecule has 1 unspecified atom stereocenters. The van der Waals surface area contributed by atoms with Gasteiger partial charge in [0.15, 0.2) is 0 Å². The van der Waals surface area contributed by atoms with E-state index in [-0.39, 0.29) is 0 Å². The van der Waals surface area contributed by atoms with E-state index in [0.717, 1.165) is 28.0 Å². The number of rotatable bonds is 2.